The summed E-state index contributed by atoms with van der Waals surface area (Å²) >= 11 is 2.00. The number of nitrogens with one attached hydrogen (secondary N) is 1. The third kappa shape index (κ3) is 5.62. The molecule has 0 heterocycles. The van der Waals surface area contributed by atoms with Crippen LogP contribution in [0.4, 0.5) is 0 Å². The van der Waals surface area contributed by atoms with E-state index in [9.17, 15) is 4.79 Å². The van der Waals surface area contributed by atoms with Crippen molar-refractivity contribution in [2.45, 2.75) is 44.3 Å². The largest absolute Gasteiger partial charge is 0.494 e. The summed E-state index contributed by atoms with van der Waals surface area (Å²) in [4.78, 5) is 12.0. The van der Waals surface area contributed by atoms with Gasteiger partial charge in [0.05, 0.1) is 6.61 Å². The zero-order valence-electron chi connectivity index (χ0n) is 12.8. The number of amides is 1. The second kappa shape index (κ2) is 8.98. The first-order chi connectivity index (χ1) is 10.3. The molecule has 1 aromatic rings. The average molecular weight is 307 g/mol. The maximum Gasteiger partial charge on any atom is 0.251 e. The number of benzene rings is 1. The molecule has 1 aliphatic carbocycles. The molecule has 4 heteroatoms. The van der Waals surface area contributed by atoms with Crippen molar-refractivity contribution in [1.82, 2.24) is 5.32 Å². The maximum absolute atomic E-state index is 12.0. The maximum atomic E-state index is 12.0. The van der Waals surface area contributed by atoms with Crippen LogP contribution in [-0.2, 0) is 0 Å². The van der Waals surface area contributed by atoms with Gasteiger partial charge in [0, 0.05) is 23.1 Å². The van der Waals surface area contributed by atoms with Crippen LogP contribution in [0.2, 0.25) is 0 Å². The number of ether oxygens (including phenoxy) is 1. The molecule has 1 aliphatic rings. The van der Waals surface area contributed by atoms with E-state index in [-0.39, 0.29) is 5.91 Å². The monoisotopic (exact) mass is 307 g/mol. The standard InChI is InChI=1S/C17H25NO2S/c1-2-12-20-15-9-7-14(8-10-15)17(19)18-11-13-21-16-5-3-4-6-16/h7-10,16H,2-6,11-13H2,1H3,(H,18,19). The molecule has 21 heavy (non-hydrogen) atoms. The molecule has 1 aromatic carbocycles. The van der Waals surface area contributed by atoms with E-state index >= 15 is 0 Å². The Hall–Kier alpha value is -1.16. The van der Waals surface area contributed by atoms with Gasteiger partial charge in [-0.2, -0.15) is 11.8 Å². The van der Waals surface area contributed by atoms with E-state index in [2.05, 4.69) is 12.2 Å². The Morgan fingerprint density at radius 1 is 1.29 bits per heavy atom. The van der Waals surface area contributed by atoms with Crippen LogP contribution in [0.25, 0.3) is 0 Å². The van der Waals surface area contributed by atoms with Crippen molar-refractivity contribution in [2.75, 3.05) is 18.9 Å². The molecule has 0 saturated heterocycles. The number of rotatable bonds is 8. The SMILES string of the molecule is CCCOc1ccc(C(=O)NCCSC2CCCC2)cc1. The molecule has 1 N–H and O–H groups in total. The van der Waals surface area contributed by atoms with Crippen LogP contribution in [0.5, 0.6) is 5.75 Å². The quantitative estimate of drug-likeness (QED) is 0.741. The lowest BCUT2D eigenvalue weighted by Crippen LogP contribution is -2.26. The van der Waals surface area contributed by atoms with Gasteiger partial charge < -0.3 is 10.1 Å². The number of hydrogen-bond acceptors (Lipinski definition) is 3. The first kappa shape index (κ1) is 16.2. The predicted octanol–water partition coefficient (Wildman–Crippen LogP) is 3.88. The number of carbonyl (C=O) groups excluding carboxylic acids is 1. The van der Waals surface area contributed by atoms with Crippen molar-refractivity contribution in [3.8, 4) is 5.75 Å². The molecule has 0 atom stereocenters. The summed E-state index contributed by atoms with van der Waals surface area (Å²) < 4.78 is 5.51. The Balaban J connectivity index is 1.67. The van der Waals surface area contributed by atoms with Gasteiger partial charge in [-0.1, -0.05) is 19.8 Å². The Labute approximate surface area is 131 Å². The van der Waals surface area contributed by atoms with Crippen molar-refractivity contribution in [3.05, 3.63) is 29.8 Å². The Morgan fingerprint density at radius 2 is 2.00 bits per heavy atom. The molecule has 0 aromatic heterocycles. The van der Waals surface area contributed by atoms with Crippen molar-refractivity contribution in [3.63, 3.8) is 0 Å². The third-order valence-electron chi connectivity index (χ3n) is 3.63. The van der Waals surface area contributed by atoms with Gasteiger partial charge in [0.1, 0.15) is 5.75 Å². The molecular formula is C17H25NO2S. The van der Waals surface area contributed by atoms with Crippen LogP contribution in [0.1, 0.15) is 49.4 Å². The van der Waals surface area contributed by atoms with Gasteiger partial charge in [-0.15, -0.1) is 0 Å². The molecule has 0 spiro atoms. The van der Waals surface area contributed by atoms with E-state index in [4.69, 9.17) is 4.74 Å². The molecule has 0 radical (unpaired) electrons. The van der Waals surface area contributed by atoms with Gasteiger partial charge in [0.25, 0.3) is 5.91 Å². The summed E-state index contributed by atoms with van der Waals surface area (Å²) in [6.45, 7) is 3.53. The summed E-state index contributed by atoms with van der Waals surface area (Å²) in [5.74, 6) is 1.84. The van der Waals surface area contributed by atoms with Crippen LogP contribution in [0.15, 0.2) is 24.3 Å². The van der Waals surface area contributed by atoms with Gasteiger partial charge in [0.2, 0.25) is 0 Å². The highest BCUT2D eigenvalue weighted by Gasteiger charge is 2.14. The van der Waals surface area contributed by atoms with Crippen LogP contribution in [-0.4, -0.2) is 30.1 Å². The van der Waals surface area contributed by atoms with E-state index in [1.165, 1.54) is 25.7 Å². The fourth-order valence-corrected chi connectivity index (χ4v) is 3.69. The predicted molar refractivity (Wildman–Crippen MR) is 89.3 cm³/mol. The minimum atomic E-state index is 0.00376. The van der Waals surface area contributed by atoms with Crippen LogP contribution < -0.4 is 10.1 Å². The average Bonchev–Trinajstić information content (AvgIpc) is 3.03. The summed E-state index contributed by atoms with van der Waals surface area (Å²) in [7, 11) is 0. The first-order valence-electron chi connectivity index (χ1n) is 7.92. The van der Waals surface area contributed by atoms with E-state index < -0.39 is 0 Å². The van der Waals surface area contributed by atoms with Crippen molar-refractivity contribution >= 4 is 17.7 Å². The fourth-order valence-electron chi connectivity index (χ4n) is 2.47. The first-order valence-corrected chi connectivity index (χ1v) is 8.97. The summed E-state index contributed by atoms with van der Waals surface area (Å²) in [5, 5.41) is 3.80. The van der Waals surface area contributed by atoms with Crippen LogP contribution in [0, 0.1) is 0 Å². The fraction of sp³-hybridized carbons (Fsp3) is 0.588. The minimum absolute atomic E-state index is 0.00376. The molecular weight excluding hydrogens is 282 g/mol. The third-order valence-corrected chi connectivity index (χ3v) is 5.02. The van der Waals surface area contributed by atoms with Crippen molar-refractivity contribution in [2.24, 2.45) is 0 Å². The van der Waals surface area contributed by atoms with Crippen LogP contribution in [0.3, 0.4) is 0 Å². The Morgan fingerprint density at radius 3 is 2.67 bits per heavy atom. The number of carbonyl (C=O) groups is 1. The van der Waals surface area contributed by atoms with E-state index in [0.29, 0.717) is 12.2 Å². The highest BCUT2D eigenvalue weighted by atomic mass is 32.2. The lowest BCUT2D eigenvalue weighted by atomic mass is 10.2. The number of hydrogen-bond donors (Lipinski definition) is 1. The van der Waals surface area contributed by atoms with Crippen molar-refractivity contribution in [1.29, 1.82) is 0 Å². The molecule has 3 nitrogen and oxygen atoms in total. The molecule has 0 aliphatic heterocycles. The van der Waals surface area contributed by atoms with Gasteiger partial charge in [-0.3, -0.25) is 4.79 Å². The molecule has 0 unspecified atom stereocenters. The van der Waals surface area contributed by atoms with E-state index in [1.54, 1.807) is 0 Å². The normalized spacial score (nSPS) is 15.1. The van der Waals surface area contributed by atoms with Crippen LogP contribution >= 0.6 is 11.8 Å². The highest BCUT2D eigenvalue weighted by molar-refractivity contribution is 7.99. The van der Waals surface area contributed by atoms with Crippen molar-refractivity contribution < 1.29 is 9.53 Å². The lowest BCUT2D eigenvalue weighted by molar-refractivity contribution is 0.0956. The zero-order valence-corrected chi connectivity index (χ0v) is 13.6. The second-order valence-electron chi connectivity index (χ2n) is 5.41. The van der Waals surface area contributed by atoms with Gasteiger partial charge in [0.15, 0.2) is 0 Å². The molecule has 116 valence electrons. The smallest absolute Gasteiger partial charge is 0.251 e. The summed E-state index contributed by atoms with van der Waals surface area (Å²) in [6.07, 6.45) is 6.42. The van der Waals surface area contributed by atoms with E-state index in [0.717, 1.165) is 29.7 Å². The molecule has 1 saturated carbocycles. The molecule has 2 rings (SSSR count). The lowest BCUT2D eigenvalue weighted by Gasteiger charge is -2.10. The number of thioether (sulfide) groups is 1. The highest BCUT2D eigenvalue weighted by Crippen LogP contribution is 2.28. The van der Waals surface area contributed by atoms with E-state index in [1.807, 2.05) is 36.0 Å². The molecule has 0 bridgehead atoms. The van der Waals surface area contributed by atoms with Gasteiger partial charge in [-0.25, -0.2) is 0 Å². The Bertz CT molecular complexity index is 427. The van der Waals surface area contributed by atoms with Gasteiger partial charge in [-0.05, 0) is 43.5 Å². The molecule has 1 fully saturated rings. The second-order valence-corrected chi connectivity index (χ2v) is 6.81. The molecule has 1 amide bonds. The summed E-state index contributed by atoms with van der Waals surface area (Å²) in [5.41, 5.74) is 0.699. The topological polar surface area (TPSA) is 38.3 Å². The summed E-state index contributed by atoms with van der Waals surface area (Å²) in [6, 6.07) is 7.37. The minimum Gasteiger partial charge on any atom is -0.494 e. The van der Waals surface area contributed by atoms with Gasteiger partial charge >= 0.3 is 0 Å². The Kier molecular flexibility index (Phi) is 6.93. The zero-order chi connectivity index (χ0) is 14.9.